The van der Waals surface area contributed by atoms with Crippen molar-refractivity contribution >= 4 is 29.0 Å². The monoisotopic (exact) mass is 436 g/mol. The largest absolute Gasteiger partial charge is 0.495 e. The number of aromatic nitrogens is 2. The number of benzene rings is 1. The third-order valence-corrected chi connectivity index (χ3v) is 6.35. The molecule has 1 aliphatic heterocycles. The van der Waals surface area contributed by atoms with Crippen LogP contribution in [0.3, 0.4) is 0 Å². The smallest absolute Gasteiger partial charge is 0.251 e. The van der Waals surface area contributed by atoms with Crippen LogP contribution < -0.4 is 25.2 Å². The minimum Gasteiger partial charge on any atom is -0.495 e. The summed E-state index contributed by atoms with van der Waals surface area (Å²) in [7, 11) is 3.19. The van der Waals surface area contributed by atoms with Crippen molar-refractivity contribution in [2.45, 2.75) is 45.1 Å². The molecule has 2 heterocycles. The number of ether oxygens (including phenoxy) is 1. The maximum absolute atomic E-state index is 12.0. The lowest BCUT2D eigenvalue weighted by Gasteiger charge is -2.30. The van der Waals surface area contributed by atoms with Crippen LogP contribution in [0.25, 0.3) is 0 Å². The van der Waals surface area contributed by atoms with E-state index in [4.69, 9.17) is 9.72 Å². The maximum Gasteiger partial charge on any atom is 0.251 e. The molecular weight excluding hydrogens is 404 g/mol. The molecule has 1 aromatic heterocycles. The second-order valence-corrected chi connectivity index (χ2v) is 8.21. The fraction of sp³-hybridized carbons (Fsp3) is 0.458. The van der Waals surface area contributed by atoms with E-state index < -0.39 is 0 Å². The van der Waals surface area contributed by atoms with Gasteiger partial charge in [0.25, 0.3) is 5.91 Å². The summed E-state index contributed by atoms with van der Waals surface area (Å²) in [6.07, 6.45) is 7.72. The Morgan fingerprint density at radius 1 is 1.31 bits per heavy atom. The van der Waals surface area contributed by atoms with Gasteiger partial charge in [0.2, 0.25) is 5.95 Å². The first-order valence-corrected chi connectivity index (χ1v) is 11.3. The highest BCUT2D eigenvalue weighted by atomic mass is 16.5. The van der Waals surface area contributed by atoms with E-state index in [1.54, 1.807) is 26.3 Å². The minimum atomic E-state index is -0.164. The molecule has 1 amide bonds. The van der Waals surface area contributed by atoms with Crippen molar-refractivity contribution in [3.05, 3.63) is 42.2 Å². The highest BCUT2D eigenvalue weighted by molar-refractivity contribution is 5.95. The number of hydrogen-bond donors (Lipinski definition) is 2. The van der Waals surface area contributed by atoms with Crippen molar-refractivity contribution in [3.8, 4) is 5.75 Å². The van der Waals surface area contributed by atoms with Gasteiger partial charge in [0.15, 0.2) is 5.82 Å². The molecule has 0 unspecified atom stereocenters. The third-order valence-electron chi connectivity index (χ3n) is 6.35. The van der Waals surface area contributed by atoms with E-state index in [9.17, 15) is 4.79 Å². The van der Waals surface area contributed by atoms with Crippen molar-refractivity contribution in [3.63, 3.8) is 0 Å². The first-order valence-electron chi connectivity index (χ1n) is 11.3. The van der Waals surface area contributed by atoms with E-state index >= 15 is 0 Å². The van der Waals surface area contributed by atoms with Crippen LogP contribution >= 0.6 is 0 Å². The molecule has 0 atom stereocenters. The maximum atomic E-state index is 12.0. The molecule has 170 valence electrons. The zero-order valence-electron chi connectivity index (χ0n) is 19.1. The molecule has 2 aromatic rings. The normalized spacial score (nSPS) is 16.5. The van der Waals surface area contributed by atoms with Gasteiger partial charge in [0, 0.05) is 43.9 Å². The second kappa shape index (κ2) is 9.46. The summed E-state index contributed by atoms with van der Waals surface area (Å²) >= 11 is 0. The molecule has 32 heavy (non-hydrogen) atoms. The van der Waals surface area contributed by atoms with Crippen LogP contribution in [0.5, 0.6) is 5.75 Å². The van der Waals surface area contributed by atoms with E-state index in [0.29, 0.717) is 29.0 Å². The van der Waals surface area contributed by atoms with Crippen LogP contribution in [-0.2, 0) is 0 Å². The number of fused-ring (bicyclic) bond motifs is 1. The van der Waals surface area contributed by atoms with Gasteiger partial charge in [-0.25, -0.2) is 4.98 Å². The summed E-state index contributed by atoms with van der Waals surface area (Å²) in [6, 6.07) is 5.77. The molecule has 0 bridgehead atoms. The summed E-state index contributed by atoms with van der Waals surface area (Å²) in [5.41, 5.74) is 3.35. The van der Waals surface area contributed by atoms with E-state index in [0.717, 1.165) is 36.7 Å². The number of hydrogen-bond acceptors (Lipinski definition) is 7. The number of methoxy groups -OCH3 is 1. The van der Waals surface area contributed by atoms with Crippen LogP contribution in [-0.4, -0.2) is 49.2 Å². The molecule has 1 saturated carbocycles. The third kappa shape index (κ3) is 4.22. The Labute approximate surface area is 189 Å². The Morgan fingerprint density at radius 3 is 2.78 bits per heavy atom. The van der Waals surface area contributed by atoms with E-state index in [1.807, 2.05) is 12.3 Å². The lowest BCUT2D eigenvalue weighted by Crippen LogP contribution is -2.34. The van der Waals surface area contributed by atoms with Crippen molar-refractivity contribution in [1.29, 1.82) is 0 Å². The summed E-state index contributed by atoms with van der Waals surface area (Å²) < 4.78 is 5.51. The van der Waals surface area contributed by atoms with Gasteiger partial charge in [-0.3, -0.25) is 4.79 Å². The summed E-state index contributed by atoms with van der Waals surface area (Å²) in [4.78, 5) is 26.2. The molecule has 0 saturated heterocycles. The van der Waals surface area contributed by atoms with E-state index in [2.05, 4.69) is 38.9 Å². The molecule has 1 aromatic carbocycles. The van der Waals surface area contributed by atoms with Gasteiger partial charge < -0.3 is 25.2 Å². The second-order valence-electron chi connectivity index (χ2n) is 8.21. The Hall–Kier alpha value is -3.29. The number of nitrogens with one attached hydrogen (secondary N) is 2. The minimum absolute atomic E-state index is 0.164. The van der Waals surface area contributed by atoms with Gasteiger partial charge in [0.1, 0.15) is 11.4 Å². The number of rotatable bonds is 6. The SMILES string of the molecule is C=C1CCN(C2CCCC2)c2nc(Nc3ccc(C(=O)NC)cc3OC)ncc2N1CC. The first kappa shape index (κ1) is 21.9. The van der Waals surface area contributed by atoms with E-state index in [-0.39, 0.29) is 5.91 Å². The lowest BCUT2D eigenvalue weighted by molar-refractivity contribution is 0.0963. The Bertz CT molecular complexity index is 1000. The van der Waals surface area contributed by atoms with Gasteiger partial charge in [-0.15, -0.1) is 0 Å². The Balaban J connectivity index is 1.70. The van der Waals surface area contributed by atoms with Gasteiger partial charge in [-0.2, -0.15) is 4.98 Å². The molecule has 8 heteroatoms. The van der Waals surface area contributed by atoms with Gasteiger partial charge >= 0.3 is 0 Å². The topological polar surface area (TPSA) is 82.6 Å². The molecule has 1 aliphatic carbocycles. The molecule has 0 spiro atoms. The molecule has 2 N–H and O–H groups in total. The van der Waals surface area contributed by atoms with Crippen LogP contribution in [0.4, 0.5) is 23.1 Å². The first-order chi connectivity index (χ1) is 15.5. The van der Waals surface area contributed by atoms with Crippen LogP contribution in [0, 0.1) is 0 Å². The van der Waals surface area contributed by atoms with Crippen LogP contribution in [0.15, 0.2) is 36.7 Å². The Kier molecular flexibility index (Phi) is 6.48. The Morgan fingerprint density at radius 2 is 2.09 bits per heavy atom. The van der Waals surface area contributed by atoms with Crippen molar-refractivity contribution in [2.24, 2.45) is 0 Å². The van der Waals surface area contributed by atoms with Gasteiger partial charge in [0.05, 0.1) is 19.0 Å². The van der Waals surface area contributed by atoms with Crippen molar-refractivity contribution < 1.29 is 9.53 Å². The molecule has 4 rings (SSSR count). The average molecular weight is 437 g/mol. The fourth-order valence-electron chi connectivity index (χ4n) is 4.66. The highest BCUT2D eigenvalue weighted by Crippen LogP contribution is 2.39. The lowest BCUT2D eigenvalue weighted by atomic mass is 10.1. The van der Waals surface area contributed by atoms with Crippen molar-refractivity contribution in [2.75, 3.05) is 42.4 Å². The zero-order valence-corrected chi connectivity index (χ0v) is 19.1. The van der Waals surface area contributed by atoms with E-state index in [1.165, 1.54) is 25.7 Å². The summed E-state index contributed by atoms with van der Waals surface area (Å²) in [5.74, 6) is 1.85. The zero-order chi connectivity index (χ0) is 22.7. The number of nitrogens with zero attached hydrogens (tertiary/aromatic N) is 4. The van der Waals surface area contributed by atoms with Gasteiger partial charge in [-0.1, -0.05) is 19.4 Å². The van der Waals surface area contributed by atoms with Gasteiger partial charge in [-0.05, 0) is 38.0 Å². The molecule has 8 nitrogen and oxygen atoms in total. The average Bonchev–Trinajstić information content (AvgIpc) is 3.30. The fourth-order valence-corrected chi connectivity index (χ4v) is 4.66. The molecular formula is C24H32N6O2. The predicted octanol–water partition coefficient (Wildman–Crippen LogP) is 4.08. The predicted molar refractivity (Wildman–Crippen MR) is 128 cm³/mol. The van der Waals surface area contributed by atoms with Crippen LogP contribution in [0.2, 0.25) is 0 Å². The molecule has 1 fully saturated rings. The standard InChI is InChI=1S/C24H32N6O2/c1-5-29-16(2)12-13-30(18-8-6-7-9-18)22-20(29)15-26-24(28-22)27-19-11-10-17(23(31)25-3)14-21(19)32-4/h10-11,14-15,18H,2,5-9,12-13H2,1,3-4H3,(H,25,31)(H,26,27,28). The summed E-state index contributed by atoms with van der Waals surface area (Å²) in [5, 5.41) is 5.92. The van der Waals surface area contributed by atoms with Crippen molar-refractivity contribution in [1.82, 2.24) is 15.3 Å². The summed E-state index contributed by atoms with van der Waals surface area (Å²) in [6.45, 7) is 8.18. The molecule has 0 radical (unpaired) electrons. The van der Waals surface area contributed by atoms with Crippen LogP contribution in [0.1, 0.15) is 49.4 Å². The number of carbonyl (C=O) groups excluding carboxylic acids is 1. The number of carbonyl (C=O) groups is 1. The quantitative estimate of drug-likeness (QED) is 0.706. The molecule has 2 aliphatic rings. The highest BCUT2D eigenvalue weighted by Gasteiger charge is 2.30. The number of anilines is 4. The number of amides is 1.